The van der Waals surface area contributed by atoms with Gasteiger partial charge in [-0.15, -0.1) is 11.3 Å². The number of likely N-dealkylation sites (tertiary alicyclic amines) is 1. The number of methoxy groups -OCH3 is 1. The van der Waals surface area contributed by atoms with Crippen molar-refractivity contribution in [1.29, 1.82) is 0 Å². The Morgan fingerprint density at radius 1 is 1.25 bits per heavy atom. The van der Waals surface area contributed by atoms with E-state index in [9.17, 15) is 14.3 Å². The summed E-state index contributed by atoms with van der Waals surface area (Å²) in [5.41, 5.74) is 0.350. The van der Waals surface area contributed by atoms with Gasteiger partial charge >= 0.3 is 0 Å². The van der Waals surface area contributed by atoms with Crippen LogP contribution in [-0.2, 0) is 6.54 Å². The van der Waals surface area contributed by atoms with E-state index in [0.717, 1.165) is 16.2 Å². The van der Waals surface area contributed by atoms with E-state index in [2.05, 4.69) is 10.2 Å². The highest BCUT2D eigenvalue weighted by Gasteiger charge is 2.46. The maximum Gasteiger partial charge on any atom is 0.251 e. The third kappa shape index (κ3) is 4.85. The van der Waals surface area contributed by atoms with E-state index in [0.29, 0.717) is 25.1 Å². The number of hydrogen-bond donors (Lipinski definition) is 2. The van der Waals surface area contributed by atoms with E-state index in [1.807, 2.05) is 41.8 Å². The summed E-state index contributed by atoms with van der Waals surface area (Å²) in [5.74, 6) is 0.0625. The van der Waals surface area contributed by atoms with Crippen molar-refractivity contribution < 1.29 is 19.0 Å². The molecule has 0 spiro atoms. The van der Waals surface area contributed by atoms with Crippen LogP contribution >= 0.6 is 11.3 Å². The molecule has 4 rings (SSSR count). The molecule has 7 heteroatoms. The van der Waals surface area contributed by atoms with Crippen LogP contribution in [0.25, 0.3) is 0 Å². The van der Waals surface area contributed by atoms with Gasteiger partial charge < -0.3 is 15.2 Å². The molecule has 0 aliphatic carbocycles. The van der Waals surface area contributed by atoms with Gasteiger partial charge in [-0.25, -0.2) is 4.39 Å². The molecule has 2 N–H and O–H groups in total. The molecular weight excluding hydrogens is 427 g/mol. The van der Waals surface area contributed by atoms with Gasteiger partial charge in [0, 0.05) is 23.5 Å². The van der Waals surface area contributed by atoms with Gasteiger partial charge in [-0.05, 0) is 66.8 Å². The molecule has 1 fully saturated rings. The van der Waals surface area contributed by atoms with Crippen molar-refractivity contribution in [2.24, 2.45) is 0 Å². The van der Waals surface area contributed by atoms with Crippen LogP contribution in [0.2, 0.25) is 0 Å². The number of carbonyl (C=O) groups excluding carboxylic acids is 1. The lowest BCUT2D eigenvalue weighted by atomic mass is 9.81. The Morgan fingerprint density at radius 2 is 2.03 bits per heavy atom. The number of benzene rings is 2. The van der Waals surface area contributed by atoms with E-state index < -0.39 is 17.5 Å². The van der Waals surface area contributed by atoms with Gasteiger partial charge in [-0.2, -0.15) is 0 Å². The third-order valence-electron chi connectivity index (χ3n) is 6.03. The van der Waals surface area contributed by atoms with Crippen molar-refractivity contribution in [2.75, 3.05) is 13.7 Å². The monoisotopic (exact) mass is 454 g/mol. The fourth-order valence-electron chi connectivity index (χ4n) is 4.26. The van der Waals surface area contributed by atoms with Gasteiger partial charge in [0.25, 0.3) is 5.91 Å². The number of hydrogen-bond acceptors (Lipinski definition) is 5. The number of rotatable bonds is 6. The molecule has 3 aromatic rings. The first-order valence-electron chi connectivity index (χ1n) is 10.6. The Labute approximate surface area is 191 Å². The summed E-state index contributed by atoms with van der Waals surface area (Å²) >= 11 is 1.60. The molecule has 2 aromatic carbocycles. The van der Waals surface area contributed by atoms with Crippen molar-refractivity contribution in [2.45, 2.75) is 37.6 Å². The van der Waals surface area contributed by atoms with Gasteiger partial charge in [-0.3, -0.25) is 9.69 Å². The van der Waals surface area contributed by atoms with Crippen LogP contribution in [0.4, 0.5) is 4.39 Å². The number of aliphatic hydroxyl groups is 1. The van der Waals surface area contributed by atoms with Gasteiger partial charge in [-0.1, -0.05) is 18.2 Å². The standard InChI is InChI=1S/C25H27FN2O3S/c1-25(30)12-13-28(16-17-5-3-6-20(15-17)31-2)22(21-7-4-14-32-21)23(25)27-24(29)18-8-10-19(26)11-9-18/h3-11,14-15,22-23,30H,12-13,16H2,1-2H3,(H,27,29). The van der Waals surface area contributed by atoms with Crippen LogP contribution in [0.3, 0.4) is 0 Å². The molecule has 0 bridgehead atoms. The Kier molecular flexibility index (Phi) is 6.60. The highest BCUT2D eigenvalue weighted by Crippen LogP contribution is 2.40. The molecule has 3 unspecified atom stereocenters. The Hall–Kier alpha value is -2.74. The summed E-state index contributed by atoms with van der Waals surface area (Å²) in [7, 11) is 1.65. The number of carbonyl (C=O) groups is 1. The van der Waals surface area contributed by atoms with Crippen LogP contribution in [0.1, 0.15) is 40.2 Å². The number of thiophene rings is 1. The lowest BCUT2D eigenvalue weighted by Crippen LogP contribution is -2.62. The molecule has 0 saturated carbocycles. The third-order valence-corrected chi connectivity index (χ3v) is 6.97. The Morgan fingerprint density at radius 3 is 2.72 bits per heavy atom. The van der Waals surface area contributed by atoms with Crippen LogP contribution in [0.5, 0.6) is 5.75 Å². The maximum absolute atomic E-state index is 13.3. The zero-order chi connectivity index (χ0) is 22.7. The fraction of sp³-hybridized carbons (Fsp3) is 0.320. The van der Waals surface area contributed by atoms with Crippen molar-refractivity contribution >= 4 is 17.2 Å². The minimum Gasteiger partial charge on any atom is -0.497 e. The second-order valence-corrected chi connectivity index (χ2v) is 9.33. The average Bonchev–Trinajstić information content (AvgIpc) is 3.31. The molecule has 3 atom stereocenters. The second kappa shape index (κ2) is 9.40. The van der Waals surface area contributed by atoms with Crippen LogP contribution in [0, 0.1) is 5.82 Å². The van der Waals surface area contributed by atoms with Gasteiger partial charge in [0.15, 0.2) is 0 Å². The van der Waals surface area contributed by atoms with Crippen LogP contribution < -0.4 is 10.1 Å². The number of amides is 1. The lowest BCUT2D eigenvalue weighted by molar-refractivity contribution is -0.0656. The molecule has 1 aliphatic rings. The van der Waals surface area contributed by atoms with Gasteiger partial charge in [0.05, 0.1) is 24.8 Å². The molecule has 1 saturated heterocycles. The largest absolute Gasteiger partial charge is 0.497 e. The molecule has 1 aliphatic heterocycles. The van der Waals surface area contributed by atoms with E-state index in [1.165, 1.54) is 24.3 Å². The second-order valence-electron chi connectivity index (χ2n) is 8.35. The van der Waals surface area contributed by atoms with Gasteiger partial charge in [0.2, 0.25) is 0 Å². The number of nitrogens with one attached hydrogen (secondary N) is 1. The summed E-state index contributed by atoms with van der Waals surface area (Å²) in [4.78, 5) is 16.4. The van der Waals surface area contributed by atoms with Crippen molar-refractivity contribution in [3.05, 3.63) is 87.9 Å². The molecular formula is C25H27FN2O3S. The van der Waals surface area contributed by atoms with Crippen molar-refractivity contribution in [3.63, 3.8) is 0 Å². The molecule has 5 nitrogen and oxygen atoms in total. The Balaban J connectivity index is 1.65. The summed E-state index contributed by atoms with van der Waals surface area (Å²) in [5, 5.41) is 16.3. The van der Waals surface area contributed by atoms with E-state index in [4.69, 9.17) is 4.74 Å². The smallest absolute Gasteiger partial charge is 0.251 e. The number of nitrogens with zero attached hydrogens (tertiary/aromatic N) is 1. The zero-order valence-electron chi connectivity index (χ0n) is 18.1. The molecule has 1 amide bonds. The molecule has 32 heavy (non-hydrogen) atoms. The van der Waals surface area contributed by atoms with Crippen molar-refractivity contribution in [3.8, 4) is 5.75 Å². The molecule has 2 heterocycles. The fourth-order valence-corrected chi connectivity index (χ4v) is 5.16. The lowest BCUT2D eigenvalue weighted by Gasteiger charge is -2.48. The minimum absolute atomic E-state index is 0.214. The normalized spacial score (nSPS) is 23.6. The van der Waals surface area contributed by atoms with E-state index >= 15 is 0 Å². The topological polar surface area (TPSA) is 61.8 Å². The molecule has 1 aromatic heterocycles. The minimum atomic E-state index is -1.10. The first-order chi connectivity index (χ1) is 15.4. The highest BCUT2D eigenvalue weighted by atomic mass is 32.1. The maximum atomic E-state index is 13.3. The quantitative estimate of drug-likeness (QED) is 0.580. The number of piperidine rings is 1. The van der Waals surface area contributed by atoms with E-state index in [1.54, 1.807) is 25.4 Å². The average molecular weight is 455 g/mol. The molecule has 0 radical (unpaired) electrons. The van der Waals surface area contributed by atoms with Crippen LogP contribution in [0.15, 0.2) is 66.0 Å². The zero-order valence-corrected chi connectivity index (χ0v) is 18.9. The van der Waals surface area contributed by atoms with E-state index in [-0.39, 0.29) is 11.9 Å². The van der Waals surface area contributed by atoms with Crippen LogP contribution in [-0.4, -0.2) is 41.2 Å². The summed E-state index contributed by atoms with van der Waals surface area (Å²) in [6, 6.07) is 16.6. The predicted octanol–water partition coefficient (Wildman–Crippen LogP) is 4.39. The summed E-state index contributed by atoms with van der Waals surface area (Å²) < 4.78 is 18.7. The first-order valence-corrected chi connectivity index (χ1v) is 11.4. The highest BCUT2D eigenvalue weighted by molar-refractivity contribution is 7.10. The van der Waals surface area contributed by atoms with Gasteiger partial charge in [0.1, 0.15) is 11.6 Å². The summed E-state index contributed by atoms with van der Waals surface area (Å²) in [6.07, 6.45) is 0.507. The SMILES string of the molecule is COc1cccc(CN2CCC(C)(O)C(NC(=O)c3ccc(F)cc3)C2c2cccs2)c1. The molecule has 168 valence electrons. The summed E-state index contributed by atoms with van der Waals surface area (Å²) in [6.45, 7) is 3.10. The predicted molar refractivity (Wildman–Crippen MR) is 123 cm³/mol. The Bertz CT molecular complexity index is 1050. The van der Waals surface area contributed by atoms with Crippen molar-refractivity contribution in [1.82, 2.24) is 10.2 Å². The number of ether oxygens (including phenoxy) is 1. The first kappa shape index (κ1) is 22.5. The number of halogens is 1.